The molecule has 0 aliphatic carbocycles. The molecule has 2 N–H and O–H groups in total. The van der Waals surface area contributed by atoms with E-state index in [-0.39, 0.29) is 11.8 Å². The summed E-state index contributed by atoms with van der Waals surface area (Å²) in [5.74, 6) is 6.56. The Bertz CT molecular complexity index is 803. The molecule has 34 heavy (non-hydrogen) atoms. The van der Waals surface area contributed by atoms with Gasteiger partial charge >= 0.3 is 0 Å². The van der Waals surface area contributed by atoms with Crippen molar-refractivity contribution in [1.29, 1.82) is 0 Å². The average Bonchev–Trinajstić information content (AvgIpc) is 2.84. The van der Waals surface area contributed by atoms with E-state index in [2.05, 4.69) is 29.2 Å². The minimum absolute atomic E-state index is 0.0347. The maximum absolute atomic E-state index is 12.1. The Kier molecular flexibility index (Phi) is 15.4. The smallest absolute Gasteiger partial charge is 0.286 e. The van der Waals surface area contributed by atoms with Gasteiger partial charge in [-0.25, -0.2) is 0 Å². The lowest BCUT2D eigenvalue weighted by atomic mass is 10.1. The van der Waals surface area contributed by atoms with E-state index < -0.39 is 0 Å². The second-order valence-corrected chi connectivity index (χ2v) is 12.0. The van der Waals surface area contributed by atoms with E-state index in [1.165, 1.54) is 0 Å². The normalized spacial score (nSPS) is 13.0. The van der Waals surface area contributed by atoms with Gasteiger partial charge in [0.05, 0.1) is 6.54 Å². The lowest BCUT2D eigenvalue weighted by Crippen LogP contribution is -2.42. The van der Waals surface area contributed by atoms with E-state index in [0.717, 1.165) is 52.2 Å². The van der Waals surface area contributed by atoms with Crippen LogP contribution in [0, 0.1) is 0 Å². The molecule has 0 radical (unpaired) electrons. The third-order valence-electron chi connectivity index (χ3n) is 4.91. The molecule has 2 rings (SSSR count). The Hall–Kier alpha value is -1.23. The van der Waals surface area contributed by atoms with E-state index in [0.29, 0.717) is 26.2 Å². The Morgan fingerprint density at radius 3 is 2.09 bits per heavy atom. The first-order valence-corrected chi connectivity index (χ1v) is 16.5. The van der Waals surface area contributed by atoms with Crippen LogP contribution in [0.25, 0.3) is 5.57 Å². The van der Waals surface area contributed by atoms with Gasteiger partial charge in [0.2, 0.25) is 12.5 Å². The number of aromatic nitrogens is 1. The monoisotopic (exact) mass is 541 g/mol. The molecule has 1 aliphatic heterocycles. The van der Waals surface area contributed by atoms with E-state index >= 15 is 0 Å². The van der Waals surface area contributed by atoms with Crippen molar-refractivity contribution in [3.63, 3.8) is 0 Å². The first kappa shape index (κ1) is 29.0. The molecule has 10 heteroatoms. The van der Waals surface area contributed by atoms with Crippen molar-refractivity contribution < 1.29 is 14.2 Å². The molecular weight excluding hydrogens is 505 g/mol. The number of pyridine rings is 1. The van der Waals surface area contributed by atoms with Crippen molar-refractivity contribution in [2.24, 2.45) is 0 Å². The van der Waals surface area contributed by atoms with Crippen molar-refractivity contribution >= 4 is 64.4 Å². The van der Waals surface area contributed by atoms with Crippen LogP contribution >= 0.6 is 47.0 Å². The van der Waals surface area contributed by atoms with E-state index in [4.69, 9.17) is 0 Å². The third-order valence-corrected chi connectivity index (χ3v) is 8.62. The van der Waals surface area contributed by atoms with Gasteiger partial charge < -0.3 is 15.5 Å². The number of thioether (sulfide) groups is 4. The van der Waals surface area contributed by atoms with Crippen molar-refractivity contribution in [2.75, 3.05) is 73.2 Å². The highest BCUT2D eigenvalue weighted by Crippen LogP contribution is 2.18. The topological polar surface area (TPSA) is 65.3 Å². The zero-order chi connectivity index (χ0) is 24.4. The number of hydrogen-bond donors (Lipinski definition) is 2. The van der Waals surface area contributed by atoms with Crippen molar-refractivity contribution in [3.8, 4) is 0 Å². The molecule has 6 nitrogen and oxygen atoms in total. The quantitative estimate of drug-likeness (QED) is 0.232. The molecule has 0 aromatic carbocycles. The summed E-state index contributed by atoms with van der Waals surface area (Å²) in [4.78, 5) is 26.3. The lowest BCUT2D eigenvalue weighted by Gasteiger charge is -2.22. The van der Waals surface area contributed by atoms with Gasteiger partial charge in [-0.15, -0.1) is 0 Å². The standard InChI is InChI=1S/C24H36N4O2S4/c1-31-15-17-33-13-7-25-23(29)19-27-9-3-21(4-10-27)22-5-11-28(12-6-22)20-24(30)26-8-14-34-18-16-32-2/h3-6,9-11H,7-8,12-20H2,1-2H3,(H-,25,26,29,30)/p+1. The van der Waals surface area contributed by atoms with Gasteiger partial charge in [0.1, 0.15) is 0 Å². The molecule has 1 aliphatic rings. The summed E-state index contributed by atoms with van der Waals surface area (Å²) in [6.07, 6.45) is 14.2. The van der Waals surface area contributed by atoms with Crippen molar-refractivity contribution in [1.82, 2.24) is 15.5 Å². The average molecular weight is 542 g/mol. The van der Waals surface area contributed by atoms with Crippen LogP contribution in [0.5, 0.6) is 0 Å². The number of hydrogen-bond acceptors (Lipinski definition) is 7. The molecule has 0 fully saturated rings. The predicted octanol–water partition coefficient (Wildman–Crippen LogP) is 2.61. The first-order valence-electron chi connectivity index (χ1n) is 11.4. The van der Waals surface area contributed by atoms with Gasteiger partial charge in [0, 0.05) is 72.5 Å². The fourth-order valence-corrected chi connectivity index (χ4v) is 6.27. The molecule has 0 unspecified atom stereocenters. The second-order valence-electron chi connectivity index (χ2n) is 7.57. The summed E-state index contributed by atoms with van der Waals surface area (Å²) >= 11 is 7.44. The van der Waals surface area contributed by atoms with Crippen LogP contribution in [0.2, 0.25) is 0 Å². The molecule has 1 aromatic heterocycles. The number of amides is 2. The zero-order valence-corrected chi connectivity index (χ0v) is 23.4. The number of carbonyl (C=O) groups is 2. The summed E-state index contributed by atoms with van der Waals surface area (Å²) in [6.45, 7) is 2.82. The summed E-state index contributed by atoms with van der Waals surface area (Å²) in [6, 6.07) is 4.05. The molecule has 0 bridgehead atoms. The van der Waals surface area contributed by atoms with Crippen LogP contribution < -0.4 is 15.2 Å². The Morgan fingerprint density at radius 2 is 1.53 bits per heavy atom. The maximum Gasteiger partial charge on any atom is 0.286 e. The second kappa shape index (κ2) is 18.1. The van der Waals surface area contributed by atoms with Gasteiger partial charge in [-0.05, 0) is 29.7 Å². The summed E-state index contributed by atoms with van der Waals surface area (Å²) in [5.41, 5.74) is 2.23. The molecule has 0 spiro atoms. The Labute approximate surface area is 221 Å². The van der Waals surface area contributed by atoms with Crippen LogP contribution in [-0.4, -0.2) is 89.9 Å². The number of rotatable bonds is 17. The number of nitrogens with zero attached hydrogens (tertiary/aromatic N) is 2. The van der Waals surface area contributed by atoms with E-state index in [9.17, 15) is 9.59 Å². The van der Waals surface area contributed by atoms with Gasteiger partial charge in [-0.1, -0.05) is 6.08 Å². The molecule has 0 saturated heterocycles. The van der Waals surface area contributed by atoms with Crippen LogP contribution in [0.3, 0.4) is 0 Å². The highest BCUT2D eigenvalue weighted by atomic mass is 32.2. The van der Waals surface area contributed by atoms with Gasteiger partial charge in [0.15, 0.2) is 12.4 Å². The SMILES string of the molecule is CSCCSCCNC(=O)CN1C=CC(c2cc[n+](CC(=O)NCCSCCSC)cc2)=CC1. The summed E-state index contributed by atoms with van der Waals surface area (Å²) in [5, 5.41) is 5.98. The van der Waals surface area contributed by atoms with Crippen LogP contribution in [0.15, 0.2) is 42.9 Å². The molecule has 2 amide bonds. The summed E-state index contributed by atoms with van der Waals surface area (Å²) < 4.78 is 1.89. The van der Waals surface area contributed by atoms with E-state index in [1.54, 1.807) is 0 Å². The molecule has 2 heterocycles. The van der Waals surface area contributed by atoms with Crippen LogP contribution in [0.1, 0.15) is 5.56 Å². The van der Waals surface area contributed by atoms with Crippen molar-refractivity contribution in [2.45, 2.75) is 6.54 Å². The first-order chi connectivity index (χ1) is 16.6. The van der Waals surface area contributed by atoms with Crippen LogP contribution in [0.4, 0.5) is 0 Å². The van der Waals surface area contributed by atoms with Crippen molar-refractivity contribution in [3.05, 3.63) is 48.4 Å². The molecule has 188 valence electrons. The molecule has 1 aromatic rings. The molecule has 0 saturated carbocycles. The fraction of sp³-hybridized carbons (Fsp3) is 0.542. The lowest BCUT2D eigenvalue weighted by molar-refractivity contribution is -0.684. The molecular formula is C24H37N4O2S4+. The van der Waals surface area contributed by atoms with Crippen LogP contribution in [-0.2, 0) is 16.1 Å². The van der Waals surface area contributed by atoms with Gasteiger partial charge in [-0.3, -0.25) is 9.59 Å². The van der Waals surface area contributed by atoms with E-state index in [1.807, 2.05) is 93.3 Å². The molecule has 0 atom stereocenters. The number of nitrogens with one attached hydrogen (secondary N) is 2. The summed E-state index contributed by atoms with van der Waals surface area (Å²) in [7, 11) is 0. The number of allylic oxidation sites excluding steroid dienone is 2. The Balaban J connectivity index is 1.66. The predicted molar refractivity (Wildman–Crippen MR) is 153 cm³/mol. The largest absolute Gasteiger partial charge is 0.364 e. The minimum Gasteiger partial charge on any atom is -0.364 e. The fourth-order valence-electron chi connectivity index (χ4n) is 3.09. The highest BCUT2D eigenvalue weighted by Gasteiger charge is 2.12. The minimum atomic E-state index is 0.0347. The third kappa shape index (κ3) is 12.5. The van der Waals surface area contributed by atoms with Gasteiger partial charge in [-0.2, -0.15) is 51.6 Å². The maximum atomic E-state index is 12.1. The van der Waals surface area contributed by atoms with Gasteiger partial charge in [0.25, 0.3) is 5.91 Å². The zero-order valence-electron chi connectivity index (χ0n) is 20.2. The Morgan fingerprint density at radius 1 is 0.912 bits per heavy atom. The highest BCUT2D eigenvalue weighted by molar-refractivity contribution is 8.03. The number of carbonyl (C=O) groups excluding carboxylic acids is 2.